The lowest BCUT2D eigenvalue weighted by Crippen LogP contribution is -2.26. The Morgan fingerprint density at radius 3 is 2.50 bits per heavy atom. The first-order valence-corrected chi connectivity index (χ1v) is 5.40. The van der Waals surface area contributed by atoms with Crippen LogP contribution in [0, 0.1) is 5.92 Å². The number of halogens is 1. The van der Waals surface area contributed by atoms with Crippen LogP contribution in [0.25, 0.3) is 0 Å². The van der Waals surface area contributed by atoms with Crippen LogP contribution in [0.4, 0.5) is 5.69 Å². The summed E-state index contributed by atoms with van der Waals surface area (Å²) >= 11 is 3.20. The van der Waals surface area contributed by atoms with E-state index in [1.165, 1.54) is 0 Å². The summed E-state index contributed by atoms with van der Waals surface area (Å²) in [6, 6.07) is 1.79. The molecule has 1 unspecified atom stereocenters. The largest absolute Gasteiger partial charge is 0.398 e. The summed E-state index contributed by atoms with van der Waals surface area (Å²) in [6.45, 7) is 6.17. The molecule has 1 aromatic rings. The van der Waals surface area contributed by atoms with Crippen LogP contribution in [-0.2, 0) is 0 Å². The molecule has 2 N–H and O–H groups in total. The van der Waals surface area contributed by atoms with E-state index in [2.05, 4.69) is 29.8 Å². The highest BCUT2D eigenvalue weighted by Gasteiger charge is 2.12. The Hall–Kier alpha value is -0.770. The van der Waals surface area contributed by atoms with Crippen LogP contribution in [0.2, 0.25) is 0 Å². The molecule has 3 nitrogen and oxygen atoms in total. The maximum atomic E-state index is 11.7. The highest BCUT2D eigenvalue weighted by Crippen LogP contribution is 2.17. The molecule has 0 fully saturated rings. The van der Waals surface area contributed by atoms with Crippen molar-refractivity contribution in [2.45, 2.75) is 26.8 Å². The maximum absolute atomic E-state index is 11.7. The van der Waals surface area contributed by atoms with E-state index in [1.807, 2.05) is 6.92 Å². The number of nitrogens with zero attached hydrogens (tertiary/aromatic N) is 1. The minimum atomic E-state index is -0.0274. The number of hydrogen-bond acceptors (Lipinski definition) is 2. The Kier molecular flexibility index (Phi) is 3.37. The number of nitrogen functional groups attached to an aromatic ring is 1. The normalized spacial score (nSPS) is 13.2. The van der Waals surface area contributed by atoms with E-state index in [0.717, 1.165) is 0 Å². The van der Waals surface area contributed by atoms with Gasteiger partial charge in [-0.15, -0.1) is 0 Å². The van der Waals surface area contributed by atoms with E-state index < -0.39 is 0 Å². The van der Waals surface area contributed by atoms with Gasteiger partial charge in [-0.05, 0) is 34.8 Å². The Balaban J connectivity index is 3.27. The van der Waals surface area contributed by atoms with Gasteiger partial charge in [-0.3, -0.25) is 4.79 Å². The third-order valence-electron chi connectivity index (χ3n) is 2.42. The van der Waals surface area contributed by atoms with Gasteiger partial charge in [0.15, 0.2) is 0 Å². The molecule has 0 aromatic carbocycles. The van der Waals surface area contributed by atoms with Gasteiger partial charge in [-0.25, -0.2) is 0 Å². The fraction of sp³-hybridized carbons (Fsp3) is 0.500. The number of pyridine rings is 1. The zero-order chi connectivity index (χ0) is 10.9. The minimum absolute atomic E-state index is 0.0274. The monoisotopic (exact) mass is 258 g/mol. The molecular formula is C10H15BrN2O. The zero-order valence-corrected chi connectivity index (χ0v) is 10.2. The van der Waals surface area contributed by atoms with Crippen molar-refractivity contribution in [3.63, 3.8) is 0 Å². The predicted octanol–water partition coefficient (Wildman–Crippen LogP) is 2.41. The van der Waals surface area contributed by atoms with Crippen LogP contribution < -0.4 is 11.3 Å². The molecular weight excluding hydrogens is 244 g/mol. The molecule has 0 radical (unpaired) electrons. The molecule has 1 rings (SSSR count). The van der Waals surface area contributed by atoms with Crippen molar-refractivity contribution in [3.8, 4) is 0 Å². The molecule has 14 heavy (non-hydrogen) atoms. The fourth-order valence-electron chi connectivity index (χ4n) is 1.21. The average Bonchev–Trinajstić information content (AvgIpc) is 2.09. The molecule has 1 aromatic heterocycles. The van der Waals surface area contributed by atoms with Crippen LogP contribution in [0.3, 0.4) is 0 Å². The number of rotatable bonds is 2. The lowest BCUT2D eigenvalue weighted by molar-refractivity contribution is 0.398. The summed E-state index contributed by atoms with van der Waals surface area (Å²) in [6.07, 6.45) is 1.69. The van der Waals surface area contributed by atoms with E-state index in [-0.39, 0.29) is 11.6 Å². The molecule has 0 saturated carbocycles. The molecule has 0 amide bonds. The Labute approximate surface area is 92.1 Å². The third-order valence-corrected chi connectivity index (χ3v) is 2.99. The van der Waals surface area contributed by atoms with Gasteiger partial charge in [0, 0.05) is 17.9 Å². The van der Waals surface area contributed by atoms with Crippen molar-refractivity contribution in [3.05, 3.63) is 27.1 Å². The van der Waals surface area contributed by atoms with Gasteiger partial charge in [-0.2, -0.15) is 0 Å². The molecule has 1 heterocycles. The van der Waals surface area contributed by atoms with Crippen molar-refractivity contribution in [1.29, 1.82) is 0 Å². The van der Waals surface area contributed by atoms with Gasteiger partial charge in [0.25, 0.3) is 5.56 Å². The van der Waals surface area contributed by atoms with Crippen molar-refractivity contribution in [2.75, 3.05) is 5.73 Å². The minimum Gasteiger partial charge on any atom is -0.398 e. The summed E-state index contributed by atoms with van der Waals surface area (Å²) < 4.78 is 2.19. The topological polar surface area (TPSA) is 48.0 Å². The Morgan fingerprint density at radius 1 is 1.43 bits per heavy atom. The van der Waals surface area contributed by atoms with E-state index in [0.29, 0.717) is 16.1 Å². The zero-order valence-electron chi connectivity index (χ0n) is 8.62. The van der Waals surface area contributed by atoms with Crippen molar-refractivity contribution in [2.24, 2.45) is 5.92 Å². The Morgan fingerprint density at radius 2 is 2.00 bits per heavy atom. The first kappa shape index (κ1) is 11.3. The van der Waals surface area contributed by atoms with Crippen molar-refractivity contribution in [1.82, 2.24) is 4.57 Å². The lowest BCUT2D eigenvalue weighted by atomic mass is 10.1. The molecule has 0 aliphatic heterocycles. The van der Waals surface area contributed by atoms with Crippen LogP contribution in [0.1, 0.15) is 26.8 Å². The number of anilines is 1. The van der Waals surface area contributed by atoms with Gasteiger partial charge in [0.2, 0.25) is 0 Å². The average molecular weight is 259 g/mol. The van der Waals surface area contributed by atoms with Crippen LogP contribution in [-0.4, -0.2) is 4.57 Å². The second-order valence-corrected chi connectivity index (χ2v) is 4.67. The van der Waals surface area contributed by atoms with Crippen LogP contribution in [0.15, 0.2) is 21.5 Å². The molecule has 4 heteroatoms. The van der Waals surface area contributed by atoms with Crippen molar-refractivity contribution >= 4 is 21.6 Å². The number of nitrogens with two attached hydrogens (primary N) is 1. The summed E-state index contributed by atoms with van der Waals surface area (Å²) in [4.78, 5) is 11.7. The van der Waals surface area contributed by atoms with E-state index in [9.17, 15) is 4.79 Å². The second kappa shape index (κ2) is 4.17. The SMILES string of the molecule is CC(C)C(C)n1cc(N)cc(Br)c1=O. The summed E-state index contributed by atoms with van der Waals surface area (Å²) in [5.74, 6) is 0.404. The number of hydrogen-bond donors (Lipinski definition) is 1. The van der Waals surface area contributed by atoms with E-state index >= 15 is 0 Å². The second-order valence-electron chi connectivity index (χ2n) is 3.82. The van der Waals surface area contributed by atoms with Gasteiger partial charge < -0.3 is 10.3 Å². The summed E-state index contributed by atoms with van der Waals surface area (Å²) in [5.41, 5.74) is 6.25. The first-order chi connectivity index (χ1) is 6.43. The quantitative estimate of drug-likeness (QED) is 0.886. The molecule has 0 saturated heterocycles. The fourth-order valence-corrected chi connectivity index (χ4v) is 1.68. The van der Waals surface area contributed by atoms with Gasteiger partial charge >= 0.3 is 0 Å². The third kappa shape index (κ3) is 2.18. The molecule has 0 spiro atoms. The highest BCUT2D eigenvalue weighted by atomic mass is 79.9. The highest BCUT2D eigenvalue weighted by molar-refractivity contribution is 9.10. The van der Waals surface area contributed by atoms with Gasteiger partial charge in [-0.1, -0.05) is 13.8 Å². The van der Waals surface area contributed by atoms with Gasteiger partial charge in [0.1, 0.15) is 0 Å². The maximum Gasteiger partial charge on any atom is 0.265 e. The molecule has 0 bridgehead atoms. The Bertz CT molecular complexity index is 384. The van der Waals surface area contributed by atoms with Gasteiger partial charge in [0.05, 0.1) is 4.47 Å². The smallest absolute Gasteiger partial charge is 0.265 e. The van der Waals surface area contributed by atoms with Crippen LogP contribution in [0.5, 0.6) is 0 Å². The number of aromatic nitrogens is 1. The molecule has 0 aliphatic rings. The lowest BCUT2D eigenvalue weighted by Gasteiger charge is -2.19. The standard InChI is InChI=1S/C10H15BrN2O/c1-6(2)7(3)13-5-8(12)4-9(11)10(13)14/h4-7H,12H2,1-3H3. The van der Waals surface area contributed by atoms with E-state index in [4.69, 9.17) is 5.73 Å². The summed E-state index contributed by atoms with van der Waals surface area (Å²) in [5, 5.41) is 0. The molecule has 78 valence electrons. The first-order valence-electron chi connectivity index (χ1n) is 4.60. The van der Waals surface area contributed by atoms with Crippen LogP contribution >= 0.6 is 15.9 Å². The molecule has 0 aliphatic carbocycles. The van der Waals surface area contributed by atoms with E-state index in [1.54, 1.807) is 16.8 Å². The summed E-state index contributed by atoms with van der Waals surface area (Å²) in [7, 11) is 0. The predicted molar refractivity (Wildman–Crippen MR) is 62.4 cm³/mol. The van der Waals surface area contributed by atoms with Crippen molar-refractivity contribution < 1.29 is 0 Å². The molecule has 1 atom stereocenters.